The molecule has 0 aliphatic rings. The van der Waals surface area contributed by atoms with Gasteiger partial charge < -0.3 is 10.5 Å². The Labute approximate surface area is 145 Å². The summed E-state index contributed by atoms with van der Waals surface area (Å²) < 4.78 is 32.6. The molecule has 0 radical (unpaired) electrons. The zero-order chi connectivity index (χ0) is 17.7. The summed E-state index contributed by atoms with van der Waals surface area (Å²) in [5.74, 6) is -0.466. The van der Waals surface area contributed by atoms with E-state index in [1.807, 2.05) is 30.3 Å². The van der Waals surface area contributed by atoms with Crippen molar-refractivity contribution in [1.82, 2.24) is 4.72 Å². The highest BCUT2D eigenvalue weighted by molar-refractivity contribution is 7.89. The Bertz CT molecular complexity index is 825. The SMILES string of the molecule is C[C@H](NS(=O)(=O)c1ccc(OCC(N)=O)c(Cl)c1)c1ccccc1. The van der Waals surface area contributed by atoms with Crippen molar-refractivity contribution < 1.29 is 17.9 Å². The average Bonchev–Trinajstić information content (AvgIpc) is 2.54. The van der Waals surface area contributed by atoms with E-state index < -0.39 is 22.0 Å². The topological polar surface area (TPSA) is 98.5 Å². The lowest BCUT2D eigenvalue weighted by molar-refractivity contribution is -0.119. The molecule has 3 N–H and O–H groups in total. The molecule has 128 valence electrons. The van der Waals surface area contributed by atoms with Gasteiger partial charge in [-0.05, 0) is 30.7 Å². The molecule has 0 aromatic heterocycles. The van der Waals surface area contributed by atoms with Gasteiger partial charge in [-0.2, -0.15) is 0 Å². The van der Waals surface area contributed by atoms with E-state index in [2.05, 4.69) is 4.72 Å². The van der Waals surface area contributed by atoms with Crippen LogP contribution in [0.2, 0.25) is 5.02 Å². The van der Waals surface area contributed by atoms with Crippen molar-refractivity contribution >= 4 is 27.5 Å². The summed E-state index contributed by atoms with van der Waals surface area (Å²) in [6.07, 6.45) is 0. The molecule has 1 atom stereocenters. The summed E-state index contributed by atoms with van der Waals surface area (Å²) >= 11 is 6.00. The Morgan fingerprint density at radius 1 is 1.25 bits per heavy atom. The van der Waals surface area contributed by atoms with Gasteiger partial charge in [-0.25, -0.2) is 13.1 Å². The standard InChI is InChI=1S/C16H17ClN2O4S/c1-11(12-5-3-2-4-6-12)19-24(21,22)13-7-8-15(14(17)9-13)23-10-16(18)20/h2-9,11,19H,10H2,1H3,(H2,18,20)/t11-/m0/s1. The number of hydrogen-bond acceptors (Lipinski definition) is 4. The molecule has 0 spiro atoms. The van der Waals surface area contributed by atoms with E-state index in [-0.39, 0.29) is 22.3 Å². The molecular weight excluding hydrogens is 352 g/mol. The van der Waals surface area contributed by atoms with E-state index in [1.54, 1.807) is 6.92 Å². The van der Waals surface area contributed by atoms with Gasteiger partial charge in [-0.3, -0.25) is 4.79 Å². The van der Waals surface area contributed by atoms with Gasteiger partial charge in [0.25, 0.3) is 5.91 Å². The summed E-state index contributed by atoms with van der Waals surface area (Å²) in [6, 6.07) is 12.8. The van der Waals surface area contributed by atoms with E-state index in [9.17, 15) is 13.2 Å². The summed E-state index contributed by atoms with van der Waals surface area (Å²) in [4.78, 5) is 10.7. The van der Waals surface area contributed by atoms with Crippen LogP contribution in [-0.4, -0.2) is 20.9 Å². The Kier molecular flexibility index (Phi) is 5.82. The Morgan fingerprint density at radius 3 is 2.50 bits per heavy atom. The van der Waals surface area contributed by atoms with Gasteiger partial charge in [0, 0.05) is 6.04 Å². The number of hydrogen-bond donors (Lipinski definition) is 2. The first-order valence-corrected chi connectivity index (χ1v) is 8.93. The number of nitrogens with two attached hydrogens (primary N) is 1. The van der Waals surface area contributed by atoms with Gasteiger partial charge in [-0.15, -0.1) is 0 Å². The number of primary amides is 1. The first-order chi connectivity index (χ1) is 11.3. The van der Waals surface area contributed by atoms with Crippen LogP contribution in [0.3, 0.4) is 0 Å². The number of sulfonamides is 1. The van der Waals surface area contributed by atoms with Crippen LogP contribution in [0.25, 0.3) is 0 Å². The summed E-state index contributed by atoms with van der Waals surface area (Å²) in [7, 11) is -3.76. The number of carbonyl (C=O) groups excluding carboxylic acids is 1. The fourth-order valence-corrected chi connectivity index (χ4v) is 3.58. The molecule has 8 heteroatoms. The van der Waals surface area contributed by atoms with Gasteiger partial charge in [-0.1, -0.05) is 41.9 Å². The van der Waals surface area contributed by atoms with Crippen LogP contribution in [0.15, 0.2) is 53.4 Å². The minimum atomic E-state index is -3.76. The zero-order valence-corrected chi connectivity index (χ0v) is 14.5. The van der Waals surface area contributed by atoms with Crippen LogP contribution >= 0.6 is 11.6 Å². The predicted molar refractivity (Wildman–Crippen MR) is 91.3 cm³/mol. The molecule has 2 aromatic rings. The number of carbonyl (C=O) groups is 1. The van der Waals surface area contributed by atoms with Crippen LogP contribution in [0, 0.1) is 0 Å². The molecule has 1 amide bonds. The second kappa shape index (κ2) is 7.65. The van der Waals surface area contributed by atoms with Crippen LogP contribution in [0.5, 0.6) is 5.75 Å². The predicted octanol–water partition coefficient (Wildman–Crippen LogP) is 2.24. The minimum Gasteiger partial charge on any atom is -0.482 e. The Balaban J connectivity index is 2.17. The monoisotopic (exact) mass is 368 g/mol. The van der Waals surface area contributed by atoms with Crippen LogP contribution in [0.4, 0.5) is 0 Å². The fraction of sp³-hybridized carbons (Fsp3) is 0.188. The molecule has 6 nitrogen and oxygen atoms in total. The first kappa shape index (κ1) is 18.3. The third-order valence-corrected chi connectivity index (χ3v) is 5.05. The molecule has 0 bridgehead atoms. The number of benzene rings is 2. The molecular formula is C16H17ClN2O4S. The second-order valence-corrected chi connectivity index (χ2v) is 7.22. The molecule has 0 fully saturated rings. The van der Waals surface area contributed by atoms with E-state index in [0.717, 1.165) is 5.56 Å². The fourth-order valence-electron chi connectivity index (χ4n) is 2.03. The molecule has 0 aliphatic carbocycles. The maximum atomic E-state index is 12.5. The molecule has 0 saturated carbocycles. The highest BCUT2D eigenvalue weighted by Crippen LogP contribution is 2.28. The van der Waals surface area contributed by atoms with Crippen molar-refractivity contribution in [2.45, 2.75) is 17.9 Å². The number of amides is 1. The van der Waals surface area contributed by atoms with Crippen molar-refractivity contribution in [3.63, 3.8) is 0 Å². The van der Waals surface area contributed by atoms with Crippen LogP contribution in [-0.2, 0) is 14.8 Å². The molecule has 0 aliphatic heterocycles. The van der Waals surface area contributed by atoms with Gasteiger partial charge in [0.15, 0.2) is 6.61 Å². The Hall–Kier alpha value is -2.09. The summed E-state index contributed by atoms with van der Waals surface area (Å²) in [5, 5.41) is 0.0755. The summed E-state index contributed by atoms with van der Waals surface area (Å²) in [6.45, 7) is 1.41. The lowest BCUT2D eigenvalue weighted by Crippen LogP contribution is -2.27. The van der Waals surface area contributed by atoms with Crippen molar-refractivity contribution in [3.8, 4) is 5.75 Å². The third kappa shape index (κ3) is 4.70. The highest BCUT2D eigenvalue weighted by atomic mass is 35.5. The van der Waals surface area contributed by atoms with Crippen molar-refractivity contribution in [1.29, 1.82) is 0 Å². The molecule has 24 heavy (non-hydrogen) atoms. The maximum absolute atomic E-state index is 12.5. The van der Waals surface area contributed by atoms with Gasteiger partial charge >= 0.3 is 0 Å². The zero-order valence-electron chi connectivity index (χ0n) is 12.9. The average molecular weight is 369 g/mol. The van der Waals surface area contributed by atoms with E-state index in [0.29, 0.717) is 0 Å². The summed E-state index contributed by atoms with van der Waals surface area (Å²) in [5.41, 5.74) is 5.83. The van der Waals surface area contributed by atoms with Gasteiger partial charge in [0.2, 0.25) is 10.0 Å². The van der Waals surface area contributed by atoms with E-state index in [1.165, 1.54) is 18.2 Å². The van der Waals surface area contributed by atoms with E-state index >= 15 is 0 Å². The first-order valence-electron chi connectivity index (χ1n) is 7.07. The molecule has 0 heterocycles. The number of rotatable bonds is 7. The maximum Gasteiger partial charge on any atom is 0.255 e. The highest BCUT2D eigenvalue weighted by Gasteiger charge is 2.19. The minimum absolute atomic E-state index is 0.00158. The molecule has 2 rings (SSSR count). The second-order valence-electron chi connectivity index (χ2n) is 5.10. The number of halogens is 1. The number of nitrogens with one attached hydrogen (secondary N) is 1. The van der Waals surface area contributed by atoms with Gasteiger partial charge in [0.1, 0.15) is 5.75 Å². The van der Waals surface area contributed by atoms with Crippen LogP contribution in [0.1, 0.15) is 18.5 Å². The largest absolute Gasteiger partial charge is 0.482 e. The van der Waals surface area contributed by atoms with E-state index in [4.69, 9.17) is 22.1 Å². The molecule has 0 unspecified atom stereocenters. The normalized spacial score (nSPS) is 12.6. The van der Waals surface area contributed by atoms with Crippen molar-refractivity contribution in [2.75, 3.05) is 6.61 Å². The Morgan fingerprint density at radius 2 is 1.92 bits per heavy atom. The smallest absolute Gasteiger partial charge is 0.255 e. The third-order valence-electron chi connectivity index (χ3n) is 3.22. The van der Waals surface area contributed by atoms with Crippen LogP contribution < -0.4 is 15.2 Å². The molecule has 0 saturated heterocycles. The quantitative estimate of drug-likeness (QED) is 0.782. The lowest BCUT2D eigenvalue weighted by atomic mass is 10.1. The van der Waals surface area contributed by atoms with Gasteiger partial charge in [0.05, 0.1) is 9.92 Å². The molecule has 2 aromatic carbocycles. The lowest BCUT2D eigenvalue weighted by Gasteiger charge is -2.15. The van der Waals surface area contributed by atoms with Crippen molar-refractivity contribution in [3.05, 3.63) is 59.1 Å². The number of ether oxygens (including phenoxy) is 1. The van der Waals surface area contributed by atoms with Crippen molar-refractivity contribution in [2.24, 2.45) is 5.73 Å².